The molecule has 0 radical (unpaired) electrons. The maximum atomic E-state index is 12.6. The number of rotatable bonds is 7. The Kier molecular flexibility index (Phi) is 5.64. The van der Waals surface area contributed by atoms with Crippen LogP contribution in [0.25, 0.3) is 0 Å². The molecule has 1 amide bonds. The van der Waals surface area contributed by atoms with Gasteiger partial charge in [-0.25, -0.2) is 0 Å². The first kappa shape index (κ1) is 18.3. The maximum absolute atomic E-state index is 12.6. The van der Waals surface area contributed by atoms with Crippen molar-refractivity contribution < 1.29 is 24.2 Å². The second-order valence-electron chi connectivity index (χ2n) is 5.75. The highest BCUT2D eigenvalue weighted by atomic mass is 16.5. The minimum absolute atomic E-state index is 0.0639. The first-order valence-electron chi connectivity index (χ1n) is 7.71. The lowest BCUT2D eigenvalue weighted by Gasteiger charge is -2.26. The van der Waals surface area contributed by atoms with E-state index in [1.807, 2.05) is 6.07 Å². The molecule has 0 bridgehead atoms. The number of ether oxygens (including phenoxy) is 2. The van der Waals surface area contributed by atoms with Crippen molar-refractivity contribution in [1.82, 2.24) is 5.32 Å². The highest BCUT2D eigenvalue weighted by Gasteiger charge is 2.35. The fourth-order valence-electron chi connectivity index (χ4n) is 2.45. The number of carboxylic acid groups (broad SMARTS) is 1. The molecule has 1 unspecified atom stereocenters. The molecule has 2 aromatic carbocycles. The summed E-state index contributed by atoms with van der Waals surface area (Å²) >= 11 is 0. The topological polar surface area (TPSA) is 84.9 Å². The van der Waals surface area contributed by atoms with Gasteiger partial charge in [0.25, 0.3) is 5.91 Å². The number of methoxy groups -OCH3 is 2. The Morgan fingerprint density at radius 1 is 1.08 bits per heavy atom. The minimum Gasteiger partial charge on any atom is -0.497 e. The van der Waals surface area contributed by atoms with E-state index in [2.05, 4.69) is 5.32 Å². The van der Waals surface area contributed by atoms with Crippen LogP contribution in [0.15, 0.2) is 48.5 Å². The minimum atomic E-state index is -1.25. The predicted molar refractivity (Wildman–Crippen MR) is 93.3 cm³/mol. The summed E-state index contributed by atoms with van der Waals surface area (Å²) in [5.41, 5.74) is -0.355. The summed E-state index contributed by atoms with van der Waals surface area (Å²) in [6.45, 7) is 1.51. The lowest BCUT2D eigenvalue weighted by atomic mass is 9.82. The number of carbonyl (C=O) groups excluding carboxylic acids is 1. The Morgan fingerprint density at radius 2 is 1.76 bits per heavy atom. The van der Waals surface area contributed by atoms with Crippen LogP contribution < -0.4 is 14.8 Å². The first-order valence-corrected chi connectivity index (χ1v) is 7.71. The van der Waals surface area contributed by atoms with Gasteiger partial charge >= 0.3 is 5.97 Å². The highest BCUT2D eigenvalue weighted by Crippen LogP contribution is 2.26. The Labute approximate surface area is 146 Å². The Morgan fingerprint density at radius 3 is 2.32 bits per heavy atom. The average Bonchev–Trinajstić information content (AvgIpc) is 2.65. The summed E-state index contributed by atoms with van der Waals surface area (Å²) < 4.78 is 10.3. The monoisotopic (exact) mass is 343 g/mol. The van der Waals surface area contributed by atoms with Crippen molar-refractivity contribution in [1.29, 1.82) is 0 Å². The second-order valence-corrected chi connectivity index (χ2v) is 5.75. The van der Waals surface area contributed by atoms with Crippen molar-refractivity contribution in [3.05, 3.63) is 59.7 Å². The number of benzene rings is 2. The van der Waals surface area contributed by atoms with Crippen LogP contribution in [0.2, 0.25) is 0 Å². The molecule has 0 spiro atoms. The van der Waals surface area contributed by atoms with E-state index in [0.29, 0.717) is 17.1 Å². The van der Waals surface area contributed by atoms with Gasteiger partial charge in [0.1, 0.15) is 16.9 Å². The molecular formula is C19H21NO5. The fraction of sp³-hybridized carbons (Fsp3) is 0.263. The van der Waals surface area contributed by atoms with Crippen LogP contribution >= 0.6 is 0 Å². The molecule has 0 saturated heterocycles. The molecule has 0 aliphatic carbocycles. The van der Waals surface area contributed by atoms with Crippen molar-refractivity contribution in [3.63, 3.8) is 0 Å². The van der Waals surface area contributed by atoms with E-state index in [1.54, 1.807) is 49.4 Å². The number of hydrogen-bond acceptors (Lipinski definition) is 4. The molecule has 6 heteroatoms. The molecule has 132 valence electrons. The zero-order chi connectivity index (χ0) is 18.4. The fourth-order valence-corrected chi connectivity index (χ4v) is 2.45. The summed E-state index contributed by atoms with van der Waals surface area (Å²) in [7, 11) is 2.96. The zero-order valence-corrected chi connectivity index (χ0v) is 14.4. The lowest BCUT2D eigenvalue weighted by Crippen LogP contribution is -2.44. The number of nitrogens with one attached hydrogen (secondary N) is 1. The van der Waals surface area contributed by atoms with Crippen LogP contribution in [0.1, 0.15) is 22.8 Å². The van der Waals surface area contributed by atoms with Crippen LogP contribution in [-0.2, 0) is 10.2 Å². The number of carboxylic acids is 1. The number of amides is 1. The molecule has 0 fully saturated rings. The van der Waals surface area contributed by atoms with Gasteiger partial charge in [0.15, 0.2) is 0 Å². The molecule has 1 atom stereocenters. The molecule has 0 saturated carbocycles. The Hall–Kier alpha value is -3.02. The lowest BCUT2D eigenvalue weighted by molar-refractivity contribution is -0.142. The molecular weight excluding hydrogens is 322 g/mol. The van der Waals surface area contributed by atoms with Gasteiger partial charge in [-0.05, 0) is 30.7 Å². The molecule has 25 heavy (non-hydrogen) atoms. The Balaban J connectivity index is 2.24. The van der Waals surface area contributed by atoms with Gasteiger partial charge in [0.2, 0.25) is 0 Å². The third-order valence-corrected chi connectivity index (χ3v) is 4.14. The number of hydrogen-bond donors (Lipinski definition) is 2. The van der Waals surface area contributed by atoms with Gasteiger partial charge in [-0.3, -0.25) is 9.59 Å². The molecule has 2 rings (SSSR count). The molecule has 0 heterocycles. The van der Waals surface area contributed by atoms with Crippen molar-refractivity contribution >= 4 is 11.9 Å². The van der Waals surface area contributed by atoms with Crippen LogP contribution in [0.3, 0.4) is 0 Å². The molecule has 0 aliphatic rings. The molecule has 0 aliphatic heterocycles. The largest absolute Gasteiger partial charge is 0.497 e. The smallest absolute Gasteiger partial charge is 0.315 e. The first-order chi connectivity index (χ1) is 11.9. The average molecular weight is 343 g/mol. The third kappa shape index (κ3) is 3.91. The van der Waals surface area contributed by atoms with Crippen LogP contribution in [-0.4, -0.2) is 37.7 Å². The van der Waals surface area contributed by atoms with Crippen molar-refractivity contribution in [2.75, 3.05) is 20.8 Å². The van der Waals surface area contributed by atoms with E-state index in [4.69, 9.17) is 9.47 Å². The predicted octanol–water partition coefficient (Wildman–Crippen LogP) is 2.48. The summed E-state index contributed by atoms with van der Waals surface area (Å²) in [6.07, 6.45) is 0. The zero-order valence-electron chi connectivity index (χ0n) is 14.4. The summed E-state index contributed by atoms with van der Waals surface area (Å²) in [5.74, 6) is -0.555. The van der Waals surface area contributed by atoms with Gasteiger partial charge in [0.05, 0.1) is 19.8 Å². The molecule has 6 nitrogen and oxygen atoms in total. The van der Waals surface area contributed by atoms with E-state index in [9.17, 15) is 14.7 Å². The van der Waals surface area contributed by atoms with E-state index in [1.165, 1.54) is 14.2 Å². The van der Waals surface area contributed by atoms with Gasteiger partial charge < -0.3 is 19.9 Å². The van der Waals surface area contributed by atoms with Crippen LogP contribution in [0.4, 0.5) is 0 Å². The summed E-state index contributed by atoms with van der Waals surface area (Å²) in [6, 6.07) is 13.7. The van der Waals surface area contributed by atoms with Gasteiger partial charge in [-0.1, -0.05) is 30.3 Å². The number of carbonyl (C=O) groups is 2. The van der Waals surface area contributed by atoms with Gasteiger partial charge in [-0.2, -0.15) is 0 Å². The van der Waals surface area contributed by atoms with Gasteiger partial charge in [0, 0.05) is 6.54 Å². The van der Waals surface area contributed by atoms with E-state index in [-0.39, 0.29) is 12.1 Å². The third-order valence-electron chi connectivity index (χ3n) is 4.14. The van der Waals surface area contributed by atoms with Crippen molar-refractivity contribution in [2.24, 2.45) is 0 Å². The number of aliphatic carboxylic acids is 1. The summed E-state index contributed by atoms with van der Waals surface area (Å²) in [4.78, 5) is 24.4. The normalized spacial score (nSPS) is 12.8. The molecule has 2 aromatic rings. The standard InChI is InChI=1S/C19H21NO5/c1-19(18(22)23,13-7-5-4-6-8-13)12-20-17(21)15-11-14(24-2)9-10-16(15)25-3/h4-11H,12H2,1-3H3,(H,20,21)(H,22,23). The molecule has 0 aromatic heterocycles. The van der Waals surface area contributed by atoms with Crippen molar-refractivity contribution in [2.45, 2.75) is 12.3 Å². The highest BCUT2D eigenvalue weighted by molar-refractivity contribution is 5.98. The van der Waals surface area contributed by atoms with E-state index < -0.39 is 17.3 Å². The van der Waals surface area contributed by atoms with Crippen LogP contribution in [0, 0.1) is 0 Å². The van der Waals surface area contributed by atoms with Gasteiger partial charge in [-0.15, -0.1) is 0 Å². The molecule has 2 N–H and O–H groups in total. The van der Waals surface area contributed by atoms with E-state index in [0.717, 1.165) is 0 Å². The maximum Gasteiger partial charge on any atom is 0.315 e. The summed E-state index contributed by atoms with van der Waals surface area (Å²) in [5, 5.41) is 12.3. The SMILES string of the molecule is COc1ccc(OC)c(C(=O)NCC(C)(C(=O)O)c2ccccc2)c1. The van der Waals surface area contributed by atoms with Crippen LogP contribution in [0.5, 0.6) is 11.5 Å². The Bertz CT molecular complexity index is 760. The van der Waals surface area contributed by atoms with Crippen molar-refractivity contribution in [3.8, 4) is 11.5 Å². The van der Waals surface area contributed by atoms with E-state index >= 15 is 0 Å². The quantitative estimate of drug-likeness (QED) is 0.807. The second kappa shape index (κ2) is 7.70.